The van der Waals surface area contributed by atoms with Crippen LogP contribution in [0.4, 0.5) is 27.4 Å². The van der Waals surface area contributed by atoms with Crippen molar-refractivity contribution in [2.75, 3.05) is 11.5 Å². The van der Waals surface area contributed by atoms with Crippen LogP contribution in [0.25, 0.3) is 0 Å². The van der Waals surface area contributed by atoms with Crippen LogP contribution in [0.15, 0.2) is 69.7 Å². The van der Waals surface area contributed by atoms with E-state index in [0.717, 1.165) is 0 Å². The third-order valence-corrected chi connectivity index (χ3v) is 4.87. The highest BCUT2D eigenvalue weighted by molar-refractivity contribution is 7.90. The van der Waals surface area contributed by atoms with Gasteiger partial charge in [0, 0.05) is 0 Å². The SMILES string of the molecule is Nc1nn(S(=O)(=O)c2ccccc2)c(N)c1N=Nc1ccccc1F. The fourth-order valence-electron chi connectivity index (χ4n) is 2.04. The summed E-state index contributed by atoms with van der Waals surface area (Å²) >= 11 is 0. The molecule has 0 saturated carbocycles. The lowest BCUT2D eigenvalue weighted by molar-refractivity contribution is 0.581. The highest BCUT2D eigenvalue weighted by Crippen LogP contribution is 2.33. The topological polar surface area (TPSA) is 129 Å². The van der Waals surface area contributed by atoms with Crippen LogP contribution in [-0.4, -0.2) is 17.6 Å². The Morgan fingerprint density at radius 3 is 2.28 bits per heavy atom. The monoisotopic (exact) mass is 360 g/mol. The lowest BCUT2D eigenvalue weighted by atomic mass is 10.3. The first-order valence-electron chi connectivity index (χ1n) is 7.02. The maximum Gasteiger partial charge on any atom is 0.284 e. The number of nitrogens with zero attached hydrogens (tertiary/aromatic N) is 4. The van der Waals surface area contributed by atoms with Crippen molar-refractivity contribution >= 4 is 33.0 Å². The highest BCUT2D eigenvalue weighted by Gasteiger charge is 2.25. The minimum atomic E-state index is -4.04. The van der Waals surface area contributed by atoms with Gasteiger partial charge >= 0.3 is 0 Å². The molecule has 0 saturated heterocycles. The van der Waals surface area contributed by atoms with Crippen molar-refractivity contribution in [2.45, 2.75) is 4.90 Å². The molecular weight excluding hydrogens is 347 g/mol. The smallest absolute Gasteiger partial charge is 0.284 e. The van der Waals surface area contributed by atoms with Gasteiger partial charge in [0.15, 0.2) is 23.1 Å². The van der Waals surface area contributed by atoms with Gasteiger partial charge in [-0.2, -0.15) is 8.42 Å². The van der Waals surface area contributed by atoms with Crippen molar-refractivity contribution < 1.29 is 12.8 Å². The van der Waals surface area contributed by atoms with E-state index in [1.165, 1.54) is 30.3 Å². The van der Waals surface area contributed by atoms with Gasteiger partial charge in [-0.25, -0.2) is 4.39 Å². The van der Waals surface area contributed by atoms with Crippen molar-refractivity contribution in [3.8, 4) is 0 Å². The largest absolute Gasteiger partial charge is 0.381 e. The Morgan fingerprint density at radius 2 is 1.60 bits per heavy atom. The number of nitrogen functional groups attached to an aromatic ring is 2. The quantitative estimate of drug-likeness (QED) is 0.691. The molecule has 3 aromatic rings. The van der Waals surface area contributed by atoms with Gasteiger partial charge in [0.25, 0.3) is 10.0 Å². The minimum absolute atomic E-state index is 0.0122. The summed E-state index contributed by atoms with van der Waals surface area (Å²) in [5.74, 6) is -1.15. The number of benzene rings is 2. The van der Waals surface area contributed by atoms with Gasteiger partial charge in [0.1, 0.15) is 5.69 Å². The van der Waals surface area contributed by atoms with Crippen LogP contribution >= 0.6 is 0 Å². The van der Waals surface area contributed by atoms with Crippen molar-refractivity contribution in [1.82, 2.24) is 9.19 Å². The summed E-state index contributed by atoms with van der Waals surface area (Å²) in [6, 6.07) is 13.3. The summed E-state index contributed by atoms with van der Waals surface area (Å²) in [6.07, 6.45) is 0. The summed E-state index contributed by atoms with van der Waals surface area (Å²) in [5, 5.41) is 11.2. The van der Waals surface area contributed by atoms with E-state index in [4.69, 9.17) is 11.5 Å². The molecule has 0 aliphatic heterocycles. The van der Waals surface area contributed by atoms with E-state index < -0.39 is 15.8 Å². The van der Waals surface area contributed by atoms with Gasteiger partial charge in [0.05, 0.1) is 4.90 Å². The molecule has 2 aromatic carbocycles. The first-order valence-corrected chi connectivity index (χ1v) is 8.46. The molecule has 0 spiro atoms. The van der Waals surface area contributed by atoms with Gasteiger partial charge < -0.3 is 11.5 Å². The molecule has 0 fully saturated rings. The molecule has 8 nitrogen and oxygen atoms in total. The number of anilines is 2. The van der Waals surface area contributed by atoms with Crippen LogP contribution in [0.1, 0.15) is 0 Å². The standard InChI is InChI=1S/C15H13FN6O2S/c16-11-8-4-5-9-12(11)19-20-13-14(17)21-22(15(13)18)25(23,24)10-6-2-1-3-7-10/h1-9H,18H2,(H2,17,21). The van der Waals surface area contributed by atoms with E-state index in [2.05, 4.69) is 15.3 Å². The predicted octanol–water partition coefficient (Wildman–Crippen LogP) is 2.84. The molecule has 1 aromatic heterocycles. The molecule has 0 radical (unpaired) electrons. The maximum atomic E-state index is 13.6. The van der Waals surface area contributed by atoms with Gasteiger partial charge in [-0.05, 0) is 24.3 Å². The number of hydrogen-bond acceptors (Lipinski definition) is 7. The molecule has 4 N–H and O–H groups in total. The zero-order valence-electron chi connectivity index (χ0n) is 12.7. The molecular formula is C15H13FN6O2S. The third kappa shape index (κ3) is 3.06. The Morgan fingerprint density at radius 1 is 0.960 bits per heavy atom. The lowest BCUT2D eigenvalue weighted by Crippen LogP contribution is -2.16. The normalized spacial score (nSPS) is 11.9. The number of azo groups is 1. The summed E-state index contributed by atoms with van der Waals surface area (Å²) in [7, 11) is -4.04. The first-order chi connectivity index (χ1) is 11.9. The second-order valence-corrected chi connectivity index (χ2v) is 6.70. The second-order valence-electron chi connectivity index (χ2n) is 4.93. The van der Waals surface area contributed by atoms with E-state index in [9.17, 15) is 12.8 Å². The van der Waals surface area contributed by atoms with Crippen molar-refractivity contribution in [3.05, 3.63) is 60.4 Å². The number of halogens is 1. The Kier molecular flexibility index (Phi) is 4.19. The van der Waals surface area contributed by atoms with E-state index in [1.807, 2.05) is 0 Å². The Hall–Kier alpha value is -3.27. The van der Waals surface area contributed by atoms with Crippen LogP contribution in [0, 0.1) is 5.82 Å². The molecule has 25 heavy (non-hydrogen) atoms. The molecule has 0 aliphatic rings. The zero-order chi connectivity index (χ0) is 18.0. The van der Waals surface area contributed by atoms with Gasteiger partial charge in [0.2, 0.25) is 0 Å². The molecule has 0 aliphatic carbocycles. The van der Waals surface area contributed by atoms with Crippen molar-refractivity contribution in [2.24, 2.45) is 10.2 Å². The first kappa shape index (κ1) is 16.6. The molecule has 0 bridgehead atoms. The van der Waals surface area contributed by atoms with Crippen molar-refractivity contribution in [3.63, 3.8) is 0 Å². The Labute approximate surface area is 142 Å². The van der Waals surface area contributed by atoms with Crippen LogP contribution in [0.2, 0.25) is 0 Å². The fraction of sp³-hybridized carbons (Fsp3) is 0. The molecule has 3 rings (SSSR count). The summed E-state index contributed by atoms with van der Waals surface area (Å²) in [5.41, 5.74) is 11.3. The molecule has 0 amide bonds. The average molecular weight is 360 g/mol. The van der Waals surface area contributed by atoms with Crippen molar-refractivity contribution in [1.29, 1.82) is 0 Å². The second kappa shape index (κ2) is 6.32. The van der Waals surface area contributed by atoms with E-state index in [-0.39, 0.29) is 27.9 Å². The van der Waals surface area contributed by atoms with Crippen LogP contribution in [-0.2, 0) is 10.0 Å². The lowest BCUT2D eigenvalue weighted by Gasteiger charge is -2.05. The number of nitrogens with two attached hydrogens (primary N) is 2. The molecule has 1 heterocycles. The summed E-state index contributed by atoms with van der Waals surface area (Å²) in [6.45, 7) is 0. The summed E-state index contributed by atoms with van der Waals surface area (Å²) < 4.78 is 39.3. The van der Waals surface area contributed by atoms with Gasteiger partial charge in [-0.1, -0.05) is 30.3 Å². The molecule has 0 unspecified atom stereocenters. The highest BCUT2D eigenvalue weighted by atomic mass is 32.2. The van der Waals surface area contributed by atoms with Crippen LogP contribution < -0.4 is 11.5 Å². The zero-order valence-corrected chi connectivity index (χ0v) is 13.6. The Balaban J connectivity index is 2.04. The number of rotatable bonds is 4. The van der Waals surface area contributed by atoms with Crippen LogP contribution in [0.5, 0.6) is 0 Å². The van der Waals surface area contributed by atoms with E-state index in [1.54, 1.807) is 24.3 Å². The third-order valence-electron chi connectivity index (χ3n) is 3.27. The fourth-order valence-corrected chi connectivity index (χ4v) is 3.28. The molecule has 10 heteroatoms. The Bertz CT molecular complexity index is 1050. The average Bonchev–Trinajstić information content (AvgIpc) is 2.90. The number of hydrogen-bond donors (Lipinski definition) is 2. The van der Waals surface area contributed by atoms with E-state index in [0.29, 0.717) is 4.09 Å². The van der Waals surface area contributed by atoms with E-state index >= 15 is 0 Å². The summed E-state index contributed by atoms with van der Waals surface area (Å²) in [4.78, 5) is -0.0122. The van der Waals surface area contributed by atoms with Crippen LogP contribution in [0.3, 0.4) is 0 Å². The molecule has 128 valence electrons. The maximum absolute atomic E-state index is 13.6. The molecule has 0 atom stereocenters. The van der Waals surface area contributed by atoms with Gasteiger partial charge in [-0.3, -0.25) is 0 Å². The number of aromatic nitrogens is 2. The minimum Gasteiger partial charge on any atom is -0.381 e. The predicted molar refractivity (Wildman–Crippen MR) is 90.7 cm³/mol. The van der Waals surface area contributed by atoms with Gasteiger partial charge in [-0.15, -0.1) is 19.4 Å².